The molecule has 36 heavy (non-hydrogen) atoms. The molecule has 3 heterocycles. The summed E-state index contributed by atoms with van der Waals surface area (Å²) in [6, 6.07) is 15.6. The second-order valence-electron chi connectivity index (χ2n) is 8.42. The zero-order chi connectivity index (χ0) is 24.9. The van der Waals surface area contributed by atoms with Gasteiger partial charge in [-0.05, 0) is 41.5 Å². The van der Waals surface area contributed by atoms with Gasteiger partial charge in [0.05, 0.1) is 18.7 Å². The minimum absolute atomic E-state index is 0.0769. The average Bonchev–Trinajstić information content (AvgIpc) is 3.51. The van der Waals surface area contributed by atoms with Gasteiger partial charge in [-0.1, -0.05) is 30.3 Å². The Hall–Kier alpha value is -4.25. The van der Waals surface area contributed by atoms with Crippen molar-refractivity contribution in [3.05, 3.63) is 75.8 Å². The highest BCUT2D eigenvalue weighted by Gasteiger charge is 2.19. The van der Waals surface area contributed by atoms with Gasteiger partial charge >= 0.3 is 5.97 Å². The Morgan fingerprint density at radius 1 is 1.14 bits per heavy atom. The topological polar surface area (TPSA) is 124 Å². The maximum absolute atomic E-state index is 13.0. The molecule has 11 nitrogen and oxygen atoms in total. The smallest absolute Gasteiger partial charge is 0.327 e. The average molecular weight is 491 g/mol. The number of fused-ring (bicyclic) bond motifs is 2. The summed E-state index contributed by atoms with van der Waals surface area (Å²) < 4.78 is 17.4. The van der Waals surface area contributed by atoms with Crippen molar-refractivity contribution < 1.29 is 19.0 Å². The van der Waals surface area contributed by atoms with E-state index in [1.807, 2.05) is 30.3 Å². The first kappa shape index (κ1) is 23.5. The van der Waals surface area contributed by atoms with E-state index in [-0.39, 0.29) is 25.5 Å². The fraction of sp³-hybridized carbons (Fsp3) is 0.320. The number of esters is 1. The van der Waals surface area contributed by atoms with Crippen LogP contribution in [0, 0.1) is 0 Å². The Kier molecular flexibility index (Phi) is 6.89. The first-order valence-electron chi connectivity index (χ1n) is 11.7. The lowest BCUT2D eigenvalue weighted by Crippen LogP contribution is -2.30. The zero-order valence-corrected chi connectivity index (χ0v) is 19.8. The molecule has 1 N–H and O–H groups in total. The molecule has 2 aromatic heterocycles. The lowest BCUT2D eigenvalue weighted by molar-refractivity contribution is -0.144. The van der Waals surface area contributed by atoms with Crippen LogP contribution in [0.25, 0.3) is 10.9 Å². The second-order valence-corrected chi connectivity index (χ2v) is 8.42. The predicted octanol–water partition coefficient (Wildman–Crippen LogP) is 2.05. The fourth-order valence-corrected chi connectivity index (χ4v) is 4.13. The van der Waals surface area contributed by atoms with E-state index >= 15 is 0 Å². The highest BCUT2D eigenvalue weighted by Crippen LogP contribution is 2.35. The first-order chi connectivity index (χ1) is 17.6. The van der Waals surface area contributed by atoms with Gasteiger partial charge in [-0.15, -0.1) is 5.10 Å². The molecule has 0 fully saturated rings. The molecule has 0 unspecified atom stereocenters. The minimum atomic E-state index is -0.411. The summed E-state index contributed by atoms with van der Waals surface area (Å²) in [5, 5.41) is 12.6. The normalized spacial score (nSPS) is 12.4. The van der Waals surface area contributed by atoms with Crippen molar-refractivity contribution in [1.29, 1.82) is 0 Å². The third-order valence-corrected chi connectivity index (χ3v) is 5.92. The number of benzene rings is 2. The van der Waals surface area contributed by atoms with Gasteiger partial charge in [0.15, 0.2) is 17.3 Å². The molecule has 0 radical (unpaired) electrons. The van der Waals surface area contributed by atoms with E-state index in [2.05, 4.69) is 37.5 Å². The summed E-state index contributed by atoms with van der Waals surface area (Å²) >= 11 is 0. The van der Waals surface area contributed by atoms with Crippen LogP contribution in [0.1, 0.15) is 23.9 Å². The van der Waals surface area contributed by atoms with Gasteiger partial charge in [0.1, 0.15) is 6.54 Å². The molecule has 1 aliphatic heterocycles. The maximum atomic E-state index is 13.0. The van der Waals surface area contributed by atoms with Crippen molar-refractivity contribution in [1.82, 2.24) is 30.1 Å². The lowest BCUT2D eigenvalue weighted by Gasteiger charge is -2.22. The first-order valence-corrected chi connectivity index (χ1v) is 11.7. The summed E-state index contributed by atoms with van der Waals surface area (Å²) in [5.41, 5.74) is 2.27. The van der Waals surface area contributed by atoms with E-state index in [0.717, 1.165) is 11.8 Å². The molecule has 0 saturated heterocycles. The summed E-state index contributed by atoms with van der Waals surface area (Å²) in [5.74, 6) is 1.37. The predicted molar refractivity (Wildman–Crippen MR) is 129 cm³/mol. The molecule has 2 aromatic carbocycles. The second kappa shape index (κ2) is 10.6. The van der Waals surface area contributed by atoms with Gasteiger partial charge in [0.25, 0.3) is 5.56 Å². The number of nitrogens with one attached hydrogen (secondary N) is 1. The monoisotopic (exact) mass is 490 g/mol. The van der Waals surface area contributed by atoms with Crippen LogP contribution >= 0.6 is 0 Å². The summed E-state index contributed by atoms with van der Waals surface area (Å²) in [7, 11) is 0. The number of ether oxygens (including phenoxy) is 3. The van der Waals surface area contributed by atoms with Crippen molar-refractivity contribution >= 4 is 16.9 Å². The molecule has 186 valence electrons. The Labute approximate surface area is 206 Å². The fourth-order valence-electron chi connectivity index (χ4n) is 4.13. The molecular formula is C25H26N6O5. The number of hydrogen-bond donors (Lipinski definition) is 1. The van der Waals surface area contributed by atoms with Gasteiger partial charge in [-0.2, -0.15) is 0 Å². The van der Waals surface area contributed by atoms with E-state index in [4.69, 9.17) is 14.2 Å². The van der Waals surface area contributed by atoms with Crippen molar-refractivity contribution in [3.63, 3.8) is 0 Å². The molecular weight excluding hydrogens is 464 g/mol. The number of carbonyl (C=O) groups excluding carboxylic acids is 1. The summed E-state index contributed by atoms with van der Waals surface area (Å²) in [6.07, 6.45) is 0.768. The highest BCUT2D eigenvalue weighted by atomic mass is 16.7. The standard InChI is InChI=1S/C25H26N6O5/c1-2-34-24(32)15-31-23(27-28-29-31)14-30(9-8-17-6-4-3-5-7-17)13-19-10-18-11-21-22(36-16-35-21)12-20(18)26-25(19)33/h3-7,10-12H,2,8-9,13-16H2,1H3,(H,26,33). The van der Waals surface area contributed by atoms with Crippen LogP contribution in [-0.2, 0) is 35.6 Å². The van der Waals surface area contributed by atoms with E-state index in [1.54, 1.807) is 13.0 Å². The molecule has 1 aliphatic rings. The van der Waals surface area contributed by atoms with E-state index in [0.29, 0.717) is 48.0 Å². The number of hydrogen-bond acceptors (Lipinski definition) is 9. The number of tetrazole rings is 1. The van der Waals surface area contributed by atoms with E-state index in [9.17, 15) is 9.59 Å². The van der Waals surface area contributed by atoms with Gasteiger partial charge in [-0.25, -0.2) is 4.68 Å². The lowest BCUT2D eigenvalue weighted by atomic mass is 10.1. The number of aromatic amines is 1. The third kappa shape index (κ3) is 5.36. The number of rotatable bonds is 10. The molecule has 11 heteroatoms. The zero-order valence-electron chi connectivity index (χ0n) is 19.8. The van der Waals surface area contributed by atoms with Crippen molar-refractivity contribution in [2.75, 3.05) is 19.9 Å². The molecule has 0 spiro atoms. The largest absolute Gasteiger partial charge is 0.465 e. The van der Waals surface area contributed by atoms with Crippen LogP contribution in [0.3, 0.4) is 0 Å². The van der Waals surface area contributed by atoms with Crippen LogP contribution < -0.4 is 15.0 Å². The van der Waals surface area contributed by atoms with Crippen molar-refractivity contribution in [2.24, 2.45) is 0 Å². The molecule has 5 rings (SSSR count). The van der Waals surface area contributed by atoms with Gasteiger partial charge in [0, 0.05) is 30.1 Å². The number of H-pyrrole nitrogens is 1. The number of carbonyl (C=O) groups is 1. The Balaban J connectivity index is 1.40. The van der Waals surface area contributed by atoms with Crippen LogP contribution in [0.2, 0.25) is 0 Å². The van der Waals surface area contributed by atoms with Crippen LogP contribution in [0.15, 0.2) is 53.3 Å². The SMILES string of the molecule is CCOC(=O)Cn1nnnc1CN(CCc1ccccc1)Cc1cc2cc3c(cc2[nH]c1=O)OCO3. The molecule has 0 saturated carbocycles. The molecule has 0 aliphatic carbocycles. The number of aromatic nitrogens is 5. The van der Waals surface area contributed by atoms with Crippen molar-refractivity contribution in [2.45, 2.75) is 33.0 Å². The van der Waals surface area contributed by atoms with Crippen LogP contribution in [0.5, 0.6) is 11.5 Å². The highest BCUT2D eigenvalue weighted by molar-refractivity contribution is 5.83. The number of nitrogens with zero attached hydrogens (tertiary/aromatic N) is 5. The molecule has 4 aromatic rings. The van der Waals surface area contributed by atoms with Gasteiger partial charge in [0.2, 0.25) is 6.79 Å². The Morgan fingerprint density at radius 3 is 2.75 bits per heavy atom. The van der Waals surface area contributed by atoms with Gasteiger partial charge in [-0.3, -0.25) is 14.5 Å². The Bertz CT molecular complexity index is 1420. The Morgan fingerprint density at radius 2 is 1.94 bits per heavy atom. The quantitative estimate of drug-likeness (QED) is 0.333. The van der Waals surface area contributed by atoms with Crippen LogP contribution in [-0.4, -0.2) is 56.0 Å². The van der Waals surface area contributed by atoms with Crippen molar-refractivity contribution in [3.8, 4) is 11.5 Å². The minimum Gasteiger partial charge on any atom is -0.465 e. The third-order valence-electron chi connectivity index (χ3n) is 5.92. The molecule has 0 bridgehead atoms. The summed E-state index contributed by atoms with van der Waals surface area (Å²) in [6.45, 7) is 3.47. The molecule has 0 amide bonds. The molecule has 0 atom stereocenters. The van der Waals surface area contributed by atoms with Gasteiger partial charge < -0.3 is 19.2 Å². The van der Waals surface area contributed by atoms with Crippen LogP contribution in [0.4, 0.5) is 0 Å². The maximum Gasteiger partial charge on any atom is 0.327 e. The van der Waals surface area contributed by atoms with E-state index in [1.165, 1.54) is 10.2 Å². The number of pyridine rings is 1. The van der Waals surface area contributed by atoms with E-state index < -0.39 is 5.97 Å². The summed E-state index contributed by atoms with van der Waals surface area (Å²) in [4.78, 5) is 30.0.